The van der Waals surface area contributed by atoms with Gasteiger partial charge in [0, 0.05) is 19.5 Å². The van der Waals surface area contributed by atoms with E-state index < -0.39 is 11.8 Å². The van der Waals surface area contributed by atoms with E-state index in [0.29, 0.717) is 12.1 Å². The molecule has 0 bridgehead atoms. The van der Waals surface area contributed by atoms with Crippen LogP contribution in [0.2, 0.25) is 0 Å². The Kier molecular flexibility index (Phi) is 6.65. The van der Waals surface area contributed by atoms with Gasteiger partial charge in [-0.1, -0.05) is 12.1 Å². The van der Waals surface area contributed by atoms with Crippen molar-refractivity contribution < 1.29 is 23.8 Å². The average molecular weight is 297 g/mol. The van der Waals surface area contributed by atoms with Crippen LogP contribution in [0, 0.1) is 5.82 Å². The summed E-state index contributed by atoms with van der Waals surface area (Å²) in [7, 11) is 1.39. The van der Waals surface area contributed by atoms with Crippen molar-refractivity contribution in [3.8, 4) is 5.75 Å². The number of benzene rings is 1. The number of carbonyl (C=O) groups is 2. The average Bonchev–Trinajstić information content (AvgIpc) is 2.46. The first-order chi connectivity index (χ1) is 9.99. The standard InChI is InChI=1S/C15H20FNO4/c1-3-17(10-9-14(19)20)13(18)8-7-11-5-4-6-12(21-2)15(11)16/h4-6H,3,7-10H2,1-2H3,(H,19,20). The van der Waals surface area contributed by atoms with Crippen LogP contribution in [0.5, 0.6) is 5.75 Å². The van der Waals surface area contributed by atoms with Crippen molar-refractivity contribution in [2.45, 2.75) is 26.2 Å². The summed E-state index contributed by atoms with van der Waals surface area (Å²) in [5, 5.41) is 8.64. The number of hydrogen-bond donors (Lipinski definition) is 1. The molecule has 1 amide bonds. The van der Waals surface area contributed by atoms with E-state index in [2.05, 4.69) is 0 Å². The van der Waals surface area contributed by atoms with Gasteiger partial charge in [-0.15, -0.1) is 0 Å². The second kappa shape index (κ2) is 8.24. The molecule has 0 fully saturated rings. The lowest BCUT2D eigenvalue weighted by Gasteiger charge is -2.20. The second-order valence-corrected chi connectivity index (χ2v) is 4.55. The Balaban J connectivity index is 2.61. The number of nitrogens with zero attached hydrogens (tertiary/aromatic N) is 1. The zero-order valence-electron chi connectivity index (χ0n) is 12.3. The minimum atomic E-state index is -0.944. The topological polar surface area (TPSA) is 66.8 Å². The first-order valence-electron chi connectivity index (χ1n) is 6.80. The van der Waals surface area contributed by atoms with Crippen LogP contribution in [-0.2, 0) is 16.0 Å². The lowest BCUT2D eigenvalue weighted by atomic mass is 10.1. The molecule has 0 aliphatic heterocycles. The van der Waals surface area contributed by atoms with Gasteiger partial charge in [0.25, 0.3) is 0 Å². The molecule has 0 atom stereocenters. The number of rotatable bonds is 8. The van der Waals surface area contributed by atoms with Crippen molar-refractivity contribution in [1.29, 1.82) is 0 Å². The number of ether oxygens (including phenoxy) is 1. The summed E-state index contributed by atoms with van der Waals surface area (Å²) >= 11 is 0. The third-order valence-corrected chi connectivity index (χ3v) is 3.20. The summed E-state index contributed by atoms with van der Waals surface area (Å²) in [6, 6.07) is 4.80. The smallest absolute Gasteiger partial charge is 0.305 e. The Morgan fingerprint density at radius 2 is 2.05 bits per heavy atom. The van der Waals surface area contributed by atoms with Crippen LogP contribution in [0.1, 0.15) is 25.3 Å². The van der Waals surface area contributed by atoms with Gasteiger partial charge in [0.15, 0.2) is 11.6 Å². The summed E-state index contributed by atoms with van der Waals surface area (Å²) in [6.45, 7) is 2.39. The summed E-state index contributed by atoms with van der Waals surface area (Å²) in [5.74, 6) is -1.43. The molecule has 0 heterocycles. The molecule has 1 aromatic carbocycles. The highest BCUT2D eigenvalue weighted by Crippen LogP contribution is 2.21. The van der Waals surface area contributed by atoms with Crippen LogP contribution in [0.15, 0.2) is 18.2 Å². The zero-order chi connectivity index (χ0) is 15.8. The lowest BCUT2D eigenvalue weighted by molar-refractivity contribution is -0.138. The Morgan fingerprint density at radius 1 is 1.33 bits per heavy atom. The number of carbonyl (C=O) groups excluding carboxylic acids is 1. The maximum Gasteiger partial charge on any atom is 0.305 e. The Hall–Kier alpha value is -2.11. The van der Waals surface area contributed by atoms with Crippen LogP contribution in [0.3, 0.4) is 0 Å². The van der Waals surface area contributed by atoms with Gasteiger partial charge in [-0.2, -0.15) is 0 Å². The molecule has 21 heavy (non-hydrogen) atoms. The van der Waals surface area contributed by atoms with E-state index >= 15 is 0 Å². The fourth-order valence-corrected chi connectivity index (χ4v) is 2.00. The van der Waals surface area contributed by atoms with E-state index in [4.69, 9.17) is 9.84 Å². The van der Waals surface area contributed by atoms with Crippen molar-refractivity contribution in [2.24, 2.45) is 0 Å². The molecule has 116 valence electrons. The van der Waals surface area contributed by atoms with E-state index in [1.807, 2.05) is 0 Å². The van der Waals surface area contributed by atoms with Crippen LogP contribution >= 0.6 is 0 Å². The van der Waals surface area contributed by atoms with E-state index in [-0.39, 0.29) is 37.5 Å². The predicted molar refractivity (Wildman–Crippen MR) is 75.8 cm³/mol. The summed E-state index contributed by atoms with van der Waals surface area (Å²) in [6.07, 6.45) is 0.302. The minimum Gasteiger partial charge on any atom is -0.494 e. The van der Waals surface area contributed by atoms with Gasteiger partial charge in [-0.05, 0) is 25.0 Å². The fourth-order valence-electron chi connectivity index (χ4n) is 2.00. The quantitative estimate of drug-likeness (QED) is 0.798. The summed E-state index contributed by atoms with van der Waals surface area (Å²) < 4.78 is 18.8. The maximum atomic E-state index is 13.9. The molecule has 5 nitrogen and oxygen atoms in total. The molecule has 1 rings (SSSR count). The van der Waals surface area contributed by atoms with E-state index in [0.717, 1.165) is 0 Å². The number of amides is 1. The zero-order valence-corrected chi connectivity index (χ0v) is 12.3. The van der Waals surface area contributed by atoms with E-state index in [1.165, 1.54) is 18.1 Å². The molecular formula is C15H20FNO4. The van der Waals surface area contributed by atoms with Gasteiger partial charge in [0.05, 0.1) is 13.5 Å². The van der Waals surface area contributed by atoms with Crippen LogP contribution in [0.4, 0.5) is 4.39 Å². The highest BCUT2D eigenvalue weighted by molar-refractivity contribution is 5.77. The molecule has 0 aliphatic rings. The molecule has 0 saturated carbocycles. The van der Waals surface area contributed by atoms with Gasteiger partial charge in [0.2, 0.25) is 5.91 Å². The molecule has 0 radical (unpaired) electrons. The molecule has 0 aromatic heterocycles. The van der Waals surface area contributed by atoms with Crippen LogP contribution in [-0.4, -0.2) is 42.1 Å². The minimum absolute atomic E-state index is 0.0902. The molecule has 0 unspecified atom stereocenters. The van der Waals surface area contributed by atoms with Gasteiger partial charge in [0.1, 0.15) is 0 Å². The number of carboxylic acids is 1. The monoisotopic (exact) mass is 297 g/mol. The normalized spacial score (nSPS) is 10.2. The third-order valence-electron chi connectivity index (χ3n) is 3.20. The second-order valence-electron chi connectivity index (χ2n) is 4.55. The van der Waals surface area contributed by atoms with Crippen molar-refractivity contribution in [2.75, 3.05) is 20.2 Å². The Bertz CT molecular complexity index is 504. The SMILES string of the molecule is CCN(CCC(=O)O)C(=O)CCc1cccc(OC)c1F. The van der Waals surface area contributed by atoms with Gasteiger partial charge in [-0.3, -0.25) is 9.59 Å². The first-order valence-corrected chi connectivity index (χ1v) is 6.80. The Labute approximate surface area is 123 Å². The number of carboxylic acid groups (broad SMARTS) is 1. The lowest BCUT2D eigenvalue weighted by Crippen LogP contribution is -2.33. The molecule has 0 saturated heterocycles. The van der Waals surface area contributed by atoms with Gasteiger partial charge < -0.3 is 14.7 Å². The number of methoxy groups -OCH3 is 1. The number of aryl methyl sites for hydroxylation is 1. The largest absolute Gasteiger partial charge is 0.494 e. The molecule has 1 aromatic rings. The summed E-state index contributed by atoms with van der Waals surface area (Å²) in [4.78, 5) is 24.0. The third kappa shape index (κ3) is 5.06. The highest BCUT2D eigenvalue weighted by Gasteiger charge is 2.15. The van der Waals surface area contributed by atoms with Crippen molar-refractivity contribution in [3.63, 3.8) is 0 Å². The Morgan fingerprint density at radius 3 is 2.62 bits per heavy atom. The van der Waals surface area contributed by atoms with Crippen molar-refractivity contribution >= 4 is 11.9 Å². The molecule has 6 heteroatoms. The van der Waals surface area contributed by atoms with Gasteiger partial charge in [-0.25, -0.2) is 4.39 Å². The molecular weight excluding hydrogens is 277 g/mol. The van der Waals surface area contributed by atoms with Gasteiger partial charge >= 0.3 is 5.97 Å². The van der Waals surface area contributed by atoms with Crippen LogP contribution < -0.4 is 4.74 Å². The molecule has 0 spiro atoms. The molecule has 0 aliphatic carbocycles. The number of hydrogen-bond acceptors (Lipinski definition) is 3. The van der Waals surface area contributed by atoms with E-state index in [9.17, 15) is 14.0 Å². The van der Waals surface area contributed by atoms with E-state index in [1.54, 1.807) is 19.1 Å². The van der Waals surface area contributed by atoms with Crippen molar-refractivity contribution in [3.05, 3.63) is 29.6 Å². The fraction of sp³-hybridized carbons (Fsp3) is 0.467. The number of aliphatic carboxylic acids is 1. The summed E-state index contributed by atoms with van der Waals surface area (Å²) in [5.41, 5.74) is 0.414. The van der Waals surface area contributed by atoms with Crippen LogP contribution in [0.25, 0.3) is 0 Å². The predicted octanol–water partition coefficient (Wildman–Crippen LogP) is 2.09. The first kappa shape index (κ1) is 16.9. The molecule has 1 N–H and O–H groups in total. The number of halogens is 1. The van der Waals surface area contributed by atoms with Crippen molar-refractivity contribution in [1.82, 2.24) is 4.90 Å². The maximum absolute atomic E-state index is 13.9. The highest BCUT2D eigenvalue weighted by atomic mass is 19.1.